The Kier molecular flexibility index (Phi) is 5.47. The second kappa shape index (κ2) is 7.84. The summed E-state index contributed by atoms with van der Waals surface area (Å²) in [6.45, 7) is 4.13. The highest BCUT2D eigenvalue weighted by Crippen LogP contribution is 2.43. The molecular formula is C23H25NO6S. The molecule has 1 aliphatic carbocycles. The minimum atomic E-state index is -4.14. The number of hydrogen-bond acceptors (Lipinski definition) is 6. The van der Waals surface area contributed by atoms with Crippen molar-refractivity contribution in [1.82, 2.24) is 5.06 Å². The molecule has 2 amide bonds. The summed E-state index contributed by atoms with van der Waals surface area (Å²) in [5.41, 5.74) is 0.403. The zero-order valence-corrected chi connectivity index (χ0v) is 18.4. The lowest BCUT2D eigenvalue weighted by molar-refractivity contribution is -0.118. The van der Waals surface area contributed by atoms with E-state index in [0.29, 0.717) is 36.1 Å². The van der Waals surface area contributed by atoms with Gasteiger partial charge in [-0.2, -0.15) is 8.42 Å². The van der Waals surface area contributed by atoms with Crippen molar-refractivity contribution in [2.24, 2.45) is 11.3 Å². The largest absolute Gasteiger partial charge is 0.300 e. The first-order chi connectivity index (χ1) is 14.6. The Hall–Kier alpha value is -2.58. The highest BCUT2D eigenvalue weighted by atomic mass is 32.2. The number of Topliss-reactive ketones (excluding diaryl/α,β-unsaturated/α-hetero) is 1. The van der Waals surface area contributed by atoms with Gasteiger partial charge < -0.3 is 0 Å². The third-order valence-electron chi connectivity index (χ3n) is 6.35. The fourth-order valence-corrected chi connectivity index (χ4v) is 5.66. The zero-order valence-electron chi connectivity index (χ0n) is 17.6. The van der Waals surface area contributed by atoms with Crippen molar-refractivity contribution >= 4 is 38.5 Å². The molecule has 1 atom stereocenters. The van der Waals surface area contributed by atoms with Gasteiger partial charge in [-0.05, 0) is 41.7 Å². The predicted molar refractivity (Wildman–Crippen MR) is 115 cm³/mol. The summed E-state index contributed by atoms with van der Waals surface area (Å²) in [5, 5.41) is 1.59. The molecule has 7 nitrogen and oxygen atoms in total. The lowest BCUT2D eigenvalue weighted by Crippen LogP contribution is -2.42. The molecule has 1 saturated carbocycles. The molecule has 2 aromatic rings. The molecular weight excluding hydrogens is 418 g/mol. The maximum atomic E-state index is 12.8. The molecule has 2 aromatic carbocycles. The van der Waals surface area contributed by atoms with E-state index in [1.165, 1.54) is 0 Å². The lowest BCUT2D eigenvalue weighted by Gasteiger charge is -2.26. The molecule has 0 saturated heterocycles. The van der Waals surface area contributed by atoms with Gasteiger partial charge in [0.15, 0.2) is 0 Å². The maximum absolute atomic E-state index is 12.8. The molecule has 1 aliphatic heterocycles. The Bertz CT molecular complexity index is 1130. The van der Waals surface area contributed by atoms with Gasteiger partial charge in [0.25, 0.3) is 21.9 Å². The number of amides is 2. The van der Waals surface area contributed by atoms with Crippen molar-refractivity contribution in [2.45, 2.75) is 46.0 Å². The Labute approximate surface area is 181 Å². The molecule has 0 radical (unpaired) electrons. The van der Waals surface area contributed by atoms with Gasteiger partial charge in [0, 0.05) is 18.2 Å². The van der Waals surface area contributed by atoms with E-state index in [0.717, 1.165) is 11.8 Å². The average Bonchev–Trinajstić information content (AvgIpc) is 2.97. The molecule has 8 heteroatoms. The van der Waals surface area contributed by atoms with Crippen LogP contribution in [-0.4, -0.2) is 36.8 Å². The number of benzene rings is 2. The van der Waals surface area contributed by atoms with Crippen LogP contribution in [0.5, 0.6) is 0 Å². The van der Waals surface area contributed by atoms with Gasteiger partial charge in [-0.25, -0.2) is 0 Å². The molecule has 2 aliphatic rings. The fourth-order valence-electron chi connectivity index (χ4n) is 4.67. The SMILES string of the molecule is CC1(C)CC(=O)CC1CCCCS(=O)(=O)ON1C(=O)c2cccc3cccc(c23)C1=O. The van der Waals surface area contributed by atoms with E-state index in [2.05, 4.69) is 13.8 Å². The number of carbonyl (C=O) groups is 3. The summed E-state index contributed by atoms with van der Waals surface area (Å²) in [5.74, 6) is -1.39. The highest BCUT2D eigenvalue weighted by Gasteiger charge is 2.39. The van der Waals surface area contributed by atoms with Crippen LogP contribution in [-0.2, 0) is 19.2 Å². The minimum Gasteiger partial charge on any atom is -0.300 e. The molecule has 0 N–H and O–H groups in total. The van der Waals surface area contributed by atoms with E-state index in [9.17, 15) is 22.8 Å². The van der Waals surface area contributed by atoms with Crippen molar-refractivity contribution in [3.63, 3.8) is 0 Å². The second-order valence-electron chi connectivity index (χ2n) is 9.05. The molecule has 1 heterocycles. The van der Waals surface area contributed by atoms with E-state index >= 15 is 0 Å². The molecule has 1 unspecified atom stereocenters. The van der Waals surface area contributed by atoms with Gasteiger partial charge >= 0.3 is 0 Å². The third-order valence-corrected chi connectivity index (χ3v) is 7.52. The van der Waals surface area contributed by atoms with Gasteiger partial charge in [-0.1, -0.05) is 44.5 Å². The summed E-state index contributed by atoms with van der Waals surface area (Å²) in [6, 6.07) is 10.0. The highest BCUT2D eigenvalue weighted by molar-refractivity contribution is 7.86. The van der Waals surface area contributed by atoms with Gasteiger partial charge in [0.1, 0.15) is 5.78 Å². The first kappa shape index (κ1) is 21.6. The van der Waals surface area contributed by atoms with E-state index in [1.807, 2.05) is 0 Å². The Morgan fingerprint density at radius 1 is 1.00 bits per heavy atom. The first-order valence-electron chi connectivity index (χ1n) is 10.4. The number of rotatable bonds is 7. The van der Waals surface area contributed by atoms with E-state index in [4.69, 9.17) is 4.28 Å². The summed E-state index contributed by atoms with van der Waals surface area (Å²) >= 11 is 0. The van der Waals surface area contributed by atoms with Crippen molar-refractivity contribution in [1.29, 1.82) is 0 Å². The van der Waals surface area contributed by atoms with Crippen molar-refractivity contribution in [3.8, 4) is 0 Å². The van der Waals surface area contributed by atoms with Crippen LogP contribution in [0.4, 0.5) is 0 Å². The monoisotopic (exact) mass is 443 g/mol. The van der Waals surface area contributed by atoms with Crippen LogP contribution in [0.25, 0.3) is 10.8 Å². The number of unbranched alkanes of at least 4 members (excludes halogenated alkanes) is 1. The number of hydrogen-bond donors (Lipinski definition) is 0. The second-order valence-corrected chi connectivity index (χ2v) is 10.7. The van der Waals surface area contributed by atoms with Gasteiger partial charge in [-0.3, -0.25) is 14.4 Å². The molecule has 1 fully saturated rings. The number of hydroxylamine groups is 2. The lowest BCUT2D eigenvalue weighted by atomic mass is 9.79. The zero-order chi connectivity index (χ0) is 22.4. The number of imide groups is 1. The Balaban J connectivity index is 1.41. The number of ketones is 1. The molecule has 31 heavy (non-hydrogen) atoms. The van der Waals surface area contributed by atoms with Gasteiger partial charge in [0.05, 0.1) is 16.9 Å². The van der Waals surface area contributed by atoms with Crippen LogP contribution in [0.3, 0.4) is 0 Å². The smallest absolute Gasteiger partial charge is 0.288 e. The quantitative estimate of drug-likeness (QED) is 0.476. The summed E-state index contributed by atoms with van der Waals surface area (Å²) in [4.78, 5) is 37.3. The van der Waals surface area contributed by atoms with Crippen LogP contribution in [0.1, 0.15) is 66.7 Å². The standard InChI is InChI=1S/C23H25NO6S/c1-23(2)14-17(25)13-16(23)9-3-4-12-31(28,29)30-24-21(26)18-10-5-7-15-8-6-11-19(20(15)18)22(24)27/h5-8,10-11,16H,3-4,9,12-14H2,1-2H3. The number of nitrogens with zero attached hydrogens (tertiary/aromatic N) is 1. The van der Waals surface area contributed by atoms with Crippen LogP contribution in [0.2, 0.25) is 0 Å². The molecule has 0 aromatic heterocycles. The van der Waals surface area contributed by atoms with Crippen LogP contribution < -0.4 is 0 Å². The molecule has 164 valence electrons. The molecule has 4 rings (SSSR count). The van der Waals surface area contributed by atoms with Crippen molar-refractivity contribution in [2.75, 3.05) is 5.75 Å². The third kappa shape index (κ3) is 4.14. The van der Waals surface area contributed by atoms with E-state index in [1.54, 1.807) is 36.4 Å². The summed E-state index contributed by atoms with van der Waals surface area (Å²) < 4.78 is 30.0. The fraction of sp³-hybridized carbons (Fsp3) is 0.435. The minimum absolute atomic E-state index is 0.0620. The van der Waals surface area contributed by atoms with Crippen LogP contribution >= 0.6 is 0 Å². The predicted octanol–water partition coefficient (Wildman–Crippen LogP) is 3.87. The van der Waals surface area contributed by atoms with Gasteiger partial charge in [0.2, 0.25) is 0 Å². The van der Waals surface area contributed by atoms with E-state index < -0.39 is 21.9 Å². The summed E-state index contributed by atoms with van der Waals surface area (Å²) in [7, 11) is -4.14. The average molecular weight is 444 g/mol. The Morgan fingerprint density at radius 2 is 1.61 bits per heavy atom. The van der Waals surface area contributed by atoms with Crippen molar-refractivity contribution < 1.29 is 27.1 Å². The maximum Gasteiger partial charge on any atom is 0.288 e. The summed E-state index contributed by atoms with van der Waals surface area (Å²) in [6.07, 6.45) is 2.80. The normalized spacial score (nSPS) is 20.6. The van der Waals surface area contributed by atoms with Crippen LogP contribution in [0.15, 0.2) is 36.4 Å². The molecule has 0 bridgehead atoms. The molecule has 0 spiro atoms. The first-order valence-corrected chi connectivity index (χ1v) is 12.0. The topological polar surface area (TPSA) is 97.8 Å². The van der Waals surface area contributed by atoms with Crippen molar-refractivity contribution in [3.05, 3.63) is 47.5 Å². The number of carbonyl (C=O) groups excluding carboxylic acids is 3. The van der Waals surface area contributed by atoms with Gasteiger partial charge in [-0.15, -0.1) is 9.35 Å². The Morgan fingerprint density at radius 3 is 2.16 bits per heavy atom. The van der Waals surface area contributed by atoms with Crippen LogP contribution in [0, 0.1) is 11.3 Å². The van der Waals surface area contributed by atoms with E-state index in [-0.39, 0.29) is 34.0 Å².